The summed E-state index contributed by atoms with van der Waals surface area (Å²) < 4.78 is 10.3. The van der Waals surface area contributed by atoms with Crippen molar-refractivity contribution in [2.75, 3.05) is 26.2 Å². The van der Waals surface area contributed by atoms with E-state index in [4.69, 9.17) is 26.7 Å². The SMILES string of the molecule is CC(C)(C)OC(=O)C(CCN)CCN.CC(C)(C)OC(=O)NCCCCCN. The van der Waals surface area contributed by atoms with Gasteiger partial charge in [0.1, 0.15) is 11.2 Å². The largest absolute Gasteiger partial charge is 0.460 e. The van der Waals surface area contributed by atoms with Crippen LogP contribution in [0.15, 0.2) is 0 Å². The van der Waals surface area contributed by atoms with E-state index in [1.165, 1.54) is 0 Å². The molecule has 0 saturated heterocycles. The number of nitrogens with two attached hydrogens (primary N) is 3. The van der Waals surface area contributed by atoms with Gasteiger partial charge in [0.15, 0.2) is 0 Å². The molecule has 0 aliphatic rings. The molecule has 7 N–H and O–H groups in total. The maximum Gasteiger partial charge on any atom is 0.407 e. The van der Waals surface area contributed by atoms with Crippen LogP contribution in [0.5, 0.6) is 0 Å². The van der Waals surface area contributed by atoms with Crippen LogP contribution in [0.3, 0.4) is 0 Å². The van der Waals surface area contributed by atoms with Gasteiger partial charge < -0.3 is 32.0 Å². The molecule has 0 aliphatic heterocycles. The standard InChI is InChI=1S/2C10H22N2O2/c1-10(2,3)14-9(13)8(4-6-11)5-7-12;1-10(2,3)14-9(13)12-8-6-4-5-7-11/h8H,4-7,11-12H2,1-3H3;4-8,11H2,1-3H3,(H,12,13). The highest BCUT2D eigenvalue weighted by Crippen LogP contribution is 2.15. The number of amides is 1. The molecule has 8 heteroatoms. The molecule has 0 bridgehead atoms. The van der Waals surface area contributed by atoms with Crippen molar-refractivity contribution in [2.24, 2.45) is 23.1 Å². The Labute approximate surface area is 171 Å². The Bertz CT molecular complexity index is 411. The maximum absolute atomic E-state index is 11.6. The van der Waals surface area contributed by atoms with Gasteiger partial charge in [-0.1, -0.05) is 6.42 Å². The third-order valence-electron chi connectivity index (χ3n) is 3.32. The highest BCUT2D eigenvalue weighted by atomic mass is 16.6. The van der Waals surface area contributed by atoms with Crippen LogP contribution in [0.25, 0.3) is 0 Å². The molecule has 8 nitrogen and oxygen atoms in total. The summed E-state index contributed by atoms with van der Waals surface area (Å²) in [6.45, 7) is 13.5. The van der Waals surface area contributed by atoms with E-state index >= 15 is 0 Å². The van der Waals surface area contributed by atoms with E-state index in [1.807, 2.05) is 41.5 Å². The summed E-state index contributed by atoms with van der Waals surface area (Å²) in [7, 11) is 0. The number of rotatable bonds is 10. The second-order valence-electron chi connectivity index (χ2n) is 8.66. The molecule has 0 aromatic carbocycles. The van der Waals surface area contributed by atoms with Crippen LogP contribution in [0, 0.1) is 5.92 Å². The predicted molar refractivity (Wildman–Crippen MR) is 114 cm³/mol. The summed E-state index contributed by atoms with van der Waals surface area (Å²) in [5.41, 5.74) is 15.3. The summed E-state index contributed by atoms with van der Waals surface area (Å²) in [5.74, 6) is -0.336. The van der Waals surface area contributed by atoms with Gasteiger partial charge in [0.05, 0.1) is 5.92 Å². The van der Waals surface area contributed by atoms with Crippen LogP contribution in [-0.4, -0.2) is 49.4 Å². The molecule has 0 aromatic heterocycles. The molecule has 168 valence electrons. The van der Waals surface area contributed by atoms with Gasteiger partial charge in [0.25, 0.3) is 0 Å². The molecule has 0 unspecified atom stereocenters. The van der Waals surface area contributed by atoms with Crippen molar-refractivity contribution in [3.63, 3.8) is 0 Å². The van der Waals surface area contributed by atoms with Crippen LogP contribution in [0.2, 0.25) is 0 Å². The van der Waals surface area contributed by atoms with Crippen molar-refractivity contribution >= 4 is 12.1 Å². The Hall–Kier alpha value is -1.38. The third kappa shape index (κ3) is 20.9. The zero-order valence-electron chi connectivity index (χ0n) is 18.8. The van der Waals surface area contributed by atoms with Crippen molar-refractivity contribution in [2.45, 2.75) is 84.8 Å². The van der Waals surface area contributed by atoms with E-state index in [-0.39, 0.29) is 18.0 Å². The van der Waals surface area contributed by atoms with Gasteiger partial charge in [0, 0.05) is 6.54 Å². The van der Waals surface area contributed by atoms with Gasteiger partial charge in [-0.05, 0) is 86.9 Å². The van der Waals surface area contributed by atoms with Gasteiger partial charge in [-0.15, -0.1) is 0 Å². The molecular formula is C20H44N4O4. The minimum Gasteiger partial charge on any atom is -0.460 e. The van der Waals surface area contributed by atoms with Gasteiger partial charge in [-0.2, -0.15) is 0 Å². The average Bonchev–Trinajstić information content (AvgIpc) is 2.52. The minimum absolute atomic E-state index is 0.149. The molecular weight excluding hydrogens is 360 g/mol. The molecule has 28 heavy (non-hydrogen) atoms. The summed E-state index contributed by atoms with van der Waals surface area (Å²) in [6, 6.07) is 0. The maximum atomic E-state index is 11.6. The number of hydrogen-bond donors (Lipinski definition) is 4. The Morgan fingerprint density at radius 2 is 1.29 bits per heavy atom. The first-order chi connectivity index (χ1) is 12.9. The van der Waals surface area contributed by atoms with Crippen LogP contribution >= 0.6 is 0 Å². The highest BCUT2D eigenvalue weighted by molar-refractivity contribution is 5.72. The molecule has 0 aliphatic carbocycles. The zero-order chi connectivity index (χ0) is 22.2. The lowest BCUT2D eigenvalue weighted by molar-refractivity contribution is -0.160. The number of carbonyl (C=O) groups excluding carboxylic acids is 2. The molecule has 0 heterocycles. The summed E-state index contributed by atoms with van der Waals surface area (Å²) in [5, 5.41) is 2.70. The second-order valence-corrected chi connectivity index (χ2v) is 8.66. The first-order valence-electron chi connectivity index (χ1n) is 10.2. The first kappa shape index (κ1) is 28.8. The van der Waals surface area contributed by atoms with Crippen molar-refractivity contribution in [3.8, 4) is 0 Å². The molecule has 0 fully saturated rings. The highest BCUT2D eigenvalue weighted by Gasteiger charge is 2.23. The van der Waals surface area contributed by atoms with Crippen LogP contribution in [-0.2, 0) is 14.3 Å². The Morgan fingerprint density at radius 3 is 1.68 bits per heavy atom. The molecule has 0 saturated carbocycles. The van der Waals surface area contributed by atoms with Crippen molar-refractivity contribution in [1.82, 2.24) is 5.32 Å². The lowest BCUT2D eigenvalue weighted by Crippen LogP contribution is -2.33. The van der Waals surface area contributed by atoms with Crippen molar-refractivity contribution in [1.29, 1.82) is 0 Å². The second kappa shape index (κ2) is 15.5. The predicted octanol–water partition coefficient (Wildman–Crippen LogP) is 2.28. The first-order valence-corrected chi connectivity index (χ1v) is 10.2. The fourth-order valence-electron chi connectivity index (χ4n) is 2.12. The molecule has 1 amide bonds. The molecule has 0 aromatic rings. The van der Waals surface area contributed by atoms with E-state index in [2.05, 4.69) is 5.32 Å². The quantitative estimate of drug-likeness (QED) is 0.323. The molecule has 0 radical (unpaired) electrons. The molecule has 0 rings (SSSR count). The third-order valence-corrected chi connectivity index (χ3v) is 3.32. The van der Waals surface area contributed by atoms with Gasteiger partial charge in [0.2, 0.25) is 0 Å². The monoisotopic (exact) mass is 404 g/mol. The number of carbonyl (C=O) groups is 2. The minimum atomic E-state index is -0.432. The number of ether oxygens (including phenoxy) is 2. The van der Waals surface area contributed by atoms with Crippen molar-refractivity contribution in [3.05, 3.63) is 0 Å². The van der Waals surface area contributed by atoms with Gasteiger partial charge in [-0.3, -0.25) is 4.79 Å². The van der Waals surface area contributed by atoms with E-state index in [0.29, 0.717) is 39.0 Å². The number of unbranched alkanes of at least 4 members (excludes halogenated alkanes) is 2. The molecule has 0 atom stereocenters. The normalized spacial score (nSPS) is 11.5. The van der Waals surface area contributed by atoms with Gasteiger partial charge >= 0.3 is 12.1 Å². The van der Waals surface area contributed by atoms with Gasteiger partial charge in [-0.25, -0.2) is 4.79 Å². The number of alkyl carbamates (subject to hydrolysis) is 1. The molecule has 0 spiro atoms. The van der Waals surface area contributed by atoms with E-state index < -0.39 is 11.2 Å². The van der Waals surface area contributed by atoms with E-state index in [0.717, 1.165) is 19.3 Å². The number of hydrogen-bond acceptors (Lipinski definition) is 7. The van der Waals surface area contributed by atoms with E-state index in [1.54, 1.807) is 0 Å². The Morgan fingerprint density at radius 1 is 0.786 bits per heavy atom. The van der Waals surface area contributed by atoms with Crippen LogP contribution in [0.4, 0.5) is 4.79 Å². The Balaban J connectivity index is 0. The van der Waals surface area contributed by atoms with Crippen molar-refractivity contribution < 1.29 is 19.1 Å². The lowest BCUT2D eigenvalue weighted by Gasteiger charge is -2.23. The summed E-state index contributed by atoms with van der Waals surface area (Å²) >= 11 is 0. The fraction of sp³-hybridized carbons (Fsp3) is 0.900. The summed E-state index contributed by atoms with van der Waals surface area (Å²) in [4.78, 5) is 22.7. The number of esters is 1. The Kier molecular flexibility index (Phi) is 16.0. The lowest BCUT2D eigenvalue weighted by atomic mass is 10.0. The smallest absolute Gasteiger partial charge is 0.407 e. The summed E-state index contributed by atoms with van der Waals surface area (Å²) in [6.07, 6.45) is 3.96. The van der Waals surface area contributed by atoms with E-state index in [9.17, 15) is 9.59 Å². The topological polar surface area (TPSA) is 143 Å². The van der Waals surface area contributed by atoms with Crippen LogP contribution in [0.1, 0.15) is 73.6 Å². The fourth-order valence-corrected chi connectivity index (χ4v) is 2.12. The zero-order valence-corrected chi connectivity index (χ0v) is 18.8. The average molecular weight is 405 g/mol. The number of nitrogens with one attached hydrogen (secondary N) is 1. The van der Waals surface area contributed by atoms with Crippen LogP contribution < -0.4 is 22.5 Å².